The van der Waals surface area contributed by atoms with Gasteiger partial charge in [0.25, 0.3) is 0 Å². The van der Waals surface area contributed by atoms with E-state index >= 15 is 0 Å². The van der Waals surface area contributed by atoms with Crippen LogP contribution < -0.4 is 9.47 Å². The van der Waals surface area contributed by atoms with Crippen molar-refractivity contribution in [2.75, 3.05) is 26.4 Å². The highest BCUT2D eigenvalue weighted by atomic mass is 16.5. The van der Waals surface area contributed by atoms with E-state index in [1.165, 1.54) is 34.8 Å². The quantitative estimate of drug-likeness (QED) is 0.387. The number of aliphatic hydroxyl groups excluding tert-OH is 2. The van der Waals surface area contributed by atoms with Gasteiger partial charge in [0.2, 0.25) is 0 Å². The van der Waals surface area contributed by atoms with Gasteiger partial charge in [-0.05, 0) is 70.2 Å². The third kappa shape index (κ3) is 5.36. The summed E-state index contributed by atoms with van der Waals surface area (Å²) in [5.41, 5.74) is 4.97. The molecule has 0 fully saturated rings. The topological polar surface area (TPSA) is 77.4 Å². The van der Waals surface area contributed by atoms with Crippen molar-refractivity contribution in [3.05, 3.63) is 84.3 Å². The second-order valence-corrected chi connectivity index (χ2v) is 11.5. The van der Waals surface area contributed by atoms with Crippen LogP contribution in [0.25, 0.3) is 0 Å². The fraction of sp³-hybridized carbons (Fsp3) is 0.484. The molecule has 0 saturated heterocycles. The summed E-state index contributed by atoms with van der Waals surface area (Å²) in [6, 6.07) is 12.6. The van der Waals surface area contributed by atoms with Crippen molar-refractivity contribution >= 4 is 0 Å². The van der Waals surface area contributed by atoms with Crippen LogP contribution in [0, 0.1) is 0 Å². The van der Waals surface area contributed by atoms with Gasteiger partial charge in [0.15, 0.2) is 0 Å². The molecule has 2 N–H and O–H groups in total. The Morgan fingerprint density at radius 2 is 1.11 bits per heavy atom. The number of hydrogen-bond acceptors (Lipinski definition) is 6. The highest BCUT2D eigenvalue weighted by molar-refractivity contribution is 5.61. The van der Waals surface area contributed by atoms with Gasteiger partial charge in [-0.3, -0.25) is 0 Å². The first kappa shape index (κ1) is 27.1. The van der Waals surface area contributed by atoms with Crippen LogP contribution >= 0.6 is 0 Å². The number of aliphatic hydroxyl groups is 2. The van der Waals surface area contributed by atoms with E-state index in [9.17, 15) is 10.2 Å². The van der Waals surface area contributed by atoms with Crippen molar-refractivity contribution in [3.8, 4) is 11.5 Å². The van der Waals surface area contributed by atoms with E-state index in [0.29, 0.717) is 0 Å². The minimum Gasteiger partial charge on any atom is -0.499 e. The SMILES string of the molecule is C=COCC(O)COc1ccc2c(c1)C1(CC2(C)C)CC(C)(C)c2ccc(OCC(O)COC=C)cc21. The molecule has 2 aliphatic carbocycles. The number of ether oxygens (including phenoxy) is 4. The molecule has 0 radical (unpaired) electrons. The molecule has 200 valence electrons. The summed E-state index contributed by atoms with van der Waals surface area (Å²) in [6.45, 7) is 16.8. The number of benzene rings is 2. The van der Waals surface area contributed by atoms with Gasteiger partial charge in [-0.2, -0.15) is 0 Å². The lowest BCUT2D eigenvalue weighted by molar-refractivity contribution is 0.0466. The fourth-order valence-corrected chi connectivity index (χ4v) is 6.33. The van der Waals surface area contributed by atoms with E-state index < -0.39 is 12.2 Å². The molecule has 1 spiro atoms. The molecule has 0 heterocycles. The summed E-state index contributed by atoms with van der Waals surface area (Å²) >= 11 is 0. The molecule has 2 aliphatic rings. The summed E-state index contributed by atoms with van der Waals surface area (Å²) < 4.78 is 22.1. The Balaban J connectivity index is 1.67. The van der Waals surface area contributed by atoms with Crippen molar-refractivity contribution < 1.29 is 29.2 Å². The van der Waals surface area contributed by atoms with Crippen LogP contribution in [0.4, 0.5) is 0 Å². The molecule has 4 rings (SSSR count). The monoisotopic (exact) mass is 508 g/mol. The molecule has 37 heavy (non-hydrogen) atoms. The Bertz CT molecular complexity index is 1050. The van der Waals surface area contributed by atoms with Crippen LogP contribution in [-0.2, 0) is 25.7 Å². The van der Waals surface area contributed by atoms with Crippen molar-refractivity contribution in [1.82, 2.24) is 0 Å². The molecule has 0 bridgehead atoms. The second-order valence-electron chi connectivity index (χ2n) is 11.5. The van der Waals surface area contributed by atoms with E-state index in [2.05, 4.69) is 65.1 Å². The minimum atomic E-state index is -0.741. The van der Waals surface area contributed by atoms with Gasteiger partial charge in [0.05, 0.1) is 12.5 Å². The van der Waals surface area contributed by atoms with E-state index in [4.69, 9.17) is 18.9 Å². The zero-order valence-corrected chi connectivity index (χ0v) is 22.5. The molecule has 2 aromatic rings. The third-order valence-electron chi connectivity index (χ3n) is 7.66. The van der Waals surface area contributed by atoms with Gasteiger partial charge in [-0.25, -0.2) is 0 Å². The van der Waals surface area contributed by atoms with Crippen molar-refractivity contribution in [3.63, 3.8) is 0 Å². The third-order valence-corrected chi connectivity index (χ3v) is 7.66. The lowest BCUT2D eigenvalue weighted by Crippen LogP contribution is -2.27. The Hall–Kier alpha value is -2.96. The average Bonchev–Trinajstić information content (AvgIpc) is 3.22. The highest BCUT2D eigenvalue weighted by Gasteiger charge is 2.56. The van der Waals surface area contributed by atoms with Gasteiger partial charge >= 0.3 is 0 Å². The molecule has 0 aromatic heterocycles. The van der Waals surface area contributed by atoms with Gasteiger partial charge in [0, 0.05) is 5.41 Å². The van der Waals surface area contributed by atoms with E-state index in [1.807, 2.05) is 12.1 Å². The number of hydrogen-bond donors (Lipinski definition) is 2. The summed E-state index contributed by atoms with van der Waals surface area (Å²) in [7, 11) is 0. The molecule has 6 nitrogen and oxygen atoms in total. The van der Waals surface area contributed by atoms with E-state index in [-0.39, 0.29) is 42.7 Å². The Kier molecular flexibility index (Phi) is 7.63. The Morgan fingerprint density at radius 3 is 1.49 bits per heavy atom. The molecule has 0 saturated carbocycles. The predicted octanol–water partition coefficient (Wildman–Crippen LogP) is 5.13. The van der Waals surface area contributed by atoms with Gasteiger partial charge < -0.3 is 29.2 Å². The maximum atomic E-state index is 10.1. The molecular weight excluding hydrogens is 468 g/mol. The van der Waals surface area contributed by atoms with Crippen LogP contribution in [0.5, 0.6) is 11.5 Å². The first-order valence-electron chi connectivity index (χ1n) is 12.9. The largest absolute Gasteiger partial charge is 0.499 e. The van der Waals surface area contributed by atoms with Crippen molar-refractivity contribution in [2.45, 2.75) is 69.0 Å². The van der Waals surface area contributed by atoms with Gasteiger partial charge in [-0.15, -0.1) is 0 Å². The van der Waals surface area contributed by atoms with E-state index in [0.717, 1.165) is 24.3 Å². The maximum absolute atomic E-state index is 10.1. The van der Waals surface area contributed by atoms with E-state index in [1.54, 1.807) is 0 Å². The highest BCUT2D eigenvalue weighted by Crippen LogP contribution is 2.63. The van der Waals surface area contributed by atoms with Crippen LogP contribution in [0.1, 0.15) is 62.8 Å². The summed E-state index contributed by atoms with van der Waals surface area (Å²) in [5, 5.41) is 20.3. The number of fused-ring (bicyclic) bond motifs is 4. The second kappa shape index (κ2) is 10.4. The first-order chi connectivity index (χ1) is 17.5. The molecule has 2 aromatic carbocycles. The first-order valence-corrected chi connectivity index (χ1v) is 12.9. The van der Waals surface area contributed by atoms with Crippen molar-refractivity contribution in [1.29, 1.82) is 0 Å². The molecule has 0 amide bonds. The average molecular weight is 509 g/mol. The van der Waals surface area contributed by atoms with Gasteiger partial charge in [0.1, 0.15) is 50.1 Å². The fourth-order valence-electron chi connectivity index (χ4n) is 6.33. The van der Waals surface area contributed by atoms with Gasteiger partial charge in [-0.1, -0.05) is 53.0 Å². The lowest BCUT2D eigenvalue weighted by Gasteiger charge is -2.31. The molecule has 0 aliphatic heterocycles. The van der Waals surface area contributed by atoms with Crippen LogP contribution in [-0.4, -0.2) is 48.8 Å². The Morgan fingerprint density at radius 1 is 0.703 bits per heavy atom. The number of rotatable bonds is 12. The minimum absolute atomic E-state index is 0.0159. The standard InChI is InChI=1S/C31H40O6/c1-7-34-15-21(32)17-36-23-9-11-25-27(13-23)31(19-29(25,3)4)20-30(5,6)26-12-10-24(14-28(26)31)37-18-22(33)16-35-8-2/h7-14,21-22,32-33H,1-2,15-20H2,3-6H3. The Labute approximate surface area is 220 Å². The molecule has 2 unspecified atom stereocenters. The summed E-state index contributed by atoms with van der Waals surface area (Å²) in [5.74, 6) is 1.47. The zero-order chi connectivity index (χ0) is 26.8. The summed E-state index contributed by atoms with van der Waals surface area (Å²) in [6.07, 6.45) is 3.10. The summed E-state index contributed by atoms with van der Waals surface area (Å²) in [4.78, 5) is 0. The zero-order valence-electron chi connectivity index (χ0n) is 22.5. The maximum Gasteiger partial charge on any atom is 0.122 e. The lowest BCUT2D eigenvalue weighted by atomic mass is 9.72. The van der Waals surface area contributed by atoms with Crippen LogP contribution in [0.15, 0.2) is 62.1 Å². The smallest absolute Gasteiger partial charge is 0.122 e. The molecule has 6 heteroatoms. The van der Waals surface area contributed by atoms with Crippen LogP contribution in [0.2, 0.25) is 0 Å². The predicted molar refractivity (Wildman–Crippen MR) is 144 cm³/mol. The van der Waals surface area contributed by atoms with Crippen molar-refractivity contribution in [2.24, 2.45) is 0 Å². The van der Waals surface area contributed by atoms with Crippen LogP contribution in [0.3, 0.4) is 0 Å². The molecule has 2 atom stereocenters. The normalized spacial score (nSPS) is 22.0. The molecular formula is C31H40O6.